The van der Waals surface area contributed by atoms with Gasteiger partial charge in [0.25, 0.3) is 0 Å². The molecule has 0 aromatic heterocycles. The molecule has 0 aliphatic heterocycles. The number of rotatable bonds is 4. The van der Waals surface area contributed by atoms with Crippen LogP contribution in [0.5, 0.6) is 0 Å². The highest BCUT2D eigenvalue weighted by Gasteiger charge is 2.04. The van der Waals surface area contributed by atoms with Gasteiger partial charge in [-0.25, -0.2) is 0 Å². The van der Waals surface area contributed by atoms with Crippen molar-refractivity contribution in [3.63, 3.8) is 0 Å². The van der Waals surface area contributed by atoms with E-state index in [0.29, 0.717) is 28.0 Å². The minimum atomic E-state index is 0.434. The van der Waals surface area contributed by atoms with Crippen LogP contribution in [0.3, 0.4) is 0 Å². The Balaban J connectivity index is 2.62. The normalized spacial score (nSPS) is 9.73. The molecular weight excluding hydrogens is 254 g/mol. The molecule has 0 aliphatic rings. The van der Waals surface area contributed by atoms with Crippen LogP contribution in [0.2, 0.25) is 15.1 Å². The van der Waals surface area contributed by atoms with Crippen LogP contribution in [0.4, 0.5) is 5.69 Å². The van der Waals surface area contributed by atoms with Crippen molar-refractivity contribution >= 4 is 40.5 Å². The smallest absolute Gasteiger partial charge is 0.0653 e. The van der Waals surface area contributed by atoms with E-state index >= 15 is 0 Å². The second-order valence-corrected chi connectivity index (χ2v) is 4.16. The summed E-state index contributed by atoms with van der Waals surface area (Å²) in [6.45, 7) is 0.686. The molecule has 0 heterocycles. The number of nitriles is 1. The van der Waals surface area contributed by atoms with Gasteiger partial charge >= 0.3 is 0 Å². The number of anilines is 1. The molecule has 0 fully saturated rings. The first kappa shape index (κ1) is 12.4. The average Bonchev–Trinajstić information content (AvgIpc) is 2.20. The average molecular weight is 264 g/mol. The highest BCUT2D eigenvalue weighted by atomic mass is 35.5. The Morgan fingerprint density at radius 1 is 1.13 bits per heavy atom. The fourth-order valence-corrected chi connectivity index (χ4v) is 1.66. The second-order valence-electron chi connectivity index (χ2n) is 2.93. The fraction of sp³-hybridized carbons (Fsp3) is 0.300. The molecule has 2 nitrogen and oxygen atoms in total. The van der Waals surface area contributed by atoms with E-state index < -0.39 is 0 Å². The van der Waals surface area contributed by atoms with Crippen molar-refractivity contribution in [1.82, 2.24) is 0 Å². The van der Waals surface area contributed by atoms with E-state index in [1.807, 2.05) is 0 Å². The van der Waals surface area contributed by atoms with Gasteiger partial charge in [-0.15, -0.1) is 0 Å². The summed E-state index contributed by atoms with van der Waals surface area (Å²) in [4.78, 5) is 0. The molecule has 0 aliphatic carbocycles. The molecule has 5 heteroatoms. The third kappa shape index (κ3) is 3.79. The molecule has 0 unspecified atom stereocenters. The number of benzene rings is 1. The molecule has 15 heavy (non-hydrogen) atoms. The van der Waals surface area contributed by atoms with Crippen molar-refractivity contribution in [3.05, 3.63) is 27.2 Å². The monoisotopic (exact) mass is 262 g/mol. The first-order valence-corrected chi connectivity index (χ1v) is 5.54. The van der Waals surface area contributed by atoms with Crippen molar-refractivity contribution in [3.8, 4) is 6.07 Å². The number of hydrogen-bond acceptors (Lipinski definition) is 2. The number of nitrogens with zero attached hydrogens (tertiary/aromatic N) is 1. The van der Waals surface area contributed by atoms with E-state index in [2.05, 4.69) is 11.4 Å². The Hall–Kier alpha value is -0.620. The Morgan fingerprint density at radius 2 is 1.80 bits per heavy atom. The molecular formula is C10H9Cl3N2. The van der Waals surface area contributed by atoms with Crippen LogP contribution in [-0.4, -0.2) is 6.54 Å². The summed E-state index contributed by atoms with van der Waals surface area (Å²) in [5.41, 5.74) is 0.740. The van der Waals surface area contributed by atoms with E-state index in [0.717, 1.165) is 12.1 Å². The summed E-state index contributed by atoms with van der Waals surface area (Å²) in [5.74, 6) is 0. The summed E-state index contributed by atoms with van der Waals surface area (Å²) in [6, 6.07) is 5.34. The third-order valence-electron chi connectivity index (χ3n) is 1.79. The first-order chi connectivity index (χ1) is 7.15. The van der Waals surface area contributed by atoms with Gasteiger partial charge in [-0.05, 0) is 18.6 Å². The SMILES string of the molecule is N#CCCCNc1cc(Cl)c(Cl)cc1Cl. The van der Waals surface area contributed by atoms with Crippen LogP contribution in [0, 0.1) is 11.3 Å². The quantitative estimate of drug-likeness (QED) is 0.647. The first-order valence-electron chi connectivity index (χ1n) is 4.40. The second kappa shape index (κ2) is 6.07. The van der Waals surface area contributed by atoms with Crippen LogP contribution in [0.15, 0.2) is 12.1 Å². The van der Waals surface area contributed by atoms with Crippen LogP contribution in [0.1, 0.15) is 12.8 Å². The molecule has 0 saturated carbocycles. The topological polar surface area (TPSA) is 35.8 Å². The summed E-state index contributed by atoms with van der Waals surface area (Å²) in [6.07, 6.45) is 1.29. The van der Waals surface area contributed by atoms with Gasteiger partial charge < -0.3 is 5.32 Å². The van der Waals surface area contributed by atoms with Gasteiger partial charge in [0, 0.05) is 13.0 Å². The van der Waals surface area contributed by atoms with Gasteiger partial charge in [-0.2, -0.15) is 5.26 Å². The molecule has 1 aromatic rings. The molecule has 0 saturated heterocycles. The standard InChI is InChI=1S/C10H9Cl3N2/c11-7-5-9(13)10(6-8(7)12)15-4-2-1-3-14/h5-6,15H,1-2,4H2. The Kier molecular flexibility index (Phi) is 5.04. The zero-order chi connectivity index (χ0) is 11.3. The highest BCUT2D eigenvalue weighted by molar-refractivity contribution is 6.44. The Labute approximate surface area is 104 Å². The molecule has 0 bridgehead atoms. The van der Waals surface area contributed by atoms with Gasteiger partial charge in [0.1, 0.15) is 0 Å². The molecule has 1 rings (SSSR count). The molecule has 0 atom stereocenters. The zero-order valence-electron chi connectivity index (χ0n) is 7.86. The lowest BCUT2D eigenvalue weighted by molar-refractivity contribution is 0.898. The lowest BCUT2D eigenvalue weighted by Gasteiger charge is -2.08. The van der Waals surface area contributed by atoms with Crippen LogP contribution < -0.4 is 5.32 Å². The fourth-order valence-electron chi connectivity index (χ4n) is 1.05. The molecule has 80 valence electrons. The summed E-state index contributed by atoms with van der Waals surface area (Å²) < 4.78 is 0. The summed E-state index contributed by atoms with van der Waals surface area (Å²) in [7, 11) is 0. The van der Waals surface area contributed by atoms with Gasteiger partial charge in [-0.3, -0.25) is 0 Å². The minimum Gasteiger partial charge on any atom is -0.384 e. The van der Waals surface area contributed by atoms with Crippen molar-refractivity contribution in [2.45, 2.75) is 12.8 Å². The van der Waals surface area contributed by atoms with Gasteiger partial charge in [0.15, 0.2) is 0 Å². The molecule has 0 radical (unpaired) electrons. The van der Waals surface area contributed by atoms with Crippen LogP contribution in [0.25, 0.3) is 0 Å². The molecule has 1 N–H and O–H groups in total. The predicted octanol–water partition coefficient (Wildman–Crippen LogP) is 4.36. The van der Waals surface area contributed by atoms with Gasteiger partial charge in [0.2, 0.25) is 0 Å². The molecule has 0 amide bonds. The lowest BCUT2D eigenvalue weighted by Crippen LogP contribution is -2.01. The maximum absolute atomic E-state index is 8.36. The van der Waals surface area contributed by atoms with Crippen molar-refractivity contribution < 1.29 is 0 Å². The Bertz CT molecular complexity index is 385. The molecule has 0 spiro atoms. The maximum atomic E-state index is 8.36. The molecule has 1 aromatic carbocycles. The zero-order valence-corrected chi connectivity index (χ0v) is 10.1. The predicted molar refractivity (Wildman–Crippen MR) is 64.8 cm³/mol. The number of nitrogens with one attached hydrogen (secondary N) is 1. The van der Waals surface area contributed by atoms with Gasteiger partial charge in [0.05, 0.1) is 26.8 Å². The summed E-state index contributed by atoms with van der Waals surface area (Å²) in [5, 5.41) is 12.9. The third-order valence-corrected chi connectivity index (χ3v) is 2.83. The minimum absolute atomic E-state index is 0.434. The van der Waals surface area contributed by atoms with Crippen LogP contribution >= 0.6 is 34.8 Å². The van der Waals surface area contributed by atoms with Gasteiger partial charge in [-0.1, -0.05) is 34.8 Å². The van der Waals surface area contributed by atoms with E-state index in [1.54, 1.807) is 12.1 Å². The van der Waals surface area contributed by atoms with Crippen molar-refractivity contribution in [2.75, 3.05) is 11.9 Å². The number of hydrogen-bond donors (Lipinski definition) is 1. The van der Waals surface area contributed by atoms with E-state index in [9.17, 15) is 0 Å². The lowest BCUT2D eigenvalue weighted by atomic mass is 10.3. The van der Waals surface area contributed by atoms with E-state index in [-0.39, 0.29) is 0 Å². The van der Waals surface area contributed by atoms with Crippen molar-refractivity contribution in [1.29, 1.82) is 5.26 Å². The number of unbranched alkanes of at least 4 members (excludes halogenated alkanes) is 1. The van der Waals surface area contributed by atoms with Crippen molar-refractivity contribution in [2.24, 2.45) is 0 Å². The van der Waals surface area contributed by atoms with E-state index in [1.165, 1.54) is 0 Å². The van der Waals surface area contributed by atoms with Crippen LogP contribution in [-0.2, 0) is 0 Å². The number of halogens is 3. The highest BCUT2D eigenvalue weighted by Crippen LogP contribution is 2.32. The van der Waals surface area contributed by atoms with E-state index in [4.69, 9.17) is 40.1 Å². The summed E-state index contributed by atoms with van der Waals surface area (Å²) >= 11 is 17.6. The Morgan fingerprint density at radius 3 is 2.47 bits per heavy atom. The maximum Gasteiger partial charge on any atom is 0.0653 e. The largest absolute Gasteiger partial charge is 0.384 e.